The fourth-order valence-electron chi connectivity index (χ4n) is 3.93. The summed E-state index contributed by atoms with van der Waals surface area (Å²) < 4.78 is 12.5. The number of aromatic nitrogens is 2. The Balaban J connectivity index is 1.48. The van der Waals surface area contributed by atoms with Crippen LogP contribution in [-0.2, 0) is 16.6 Å². The van der Waals surface area contributed by atoms with Crippen molar-refractivity contribution in [3.63, 3.8) is 0 Å². The van der Waals surface area contributed by atoms with Crippen LogP contribution in [0.5, 0.6) is 17.2 Å². The highest BCUT2D eigenvalue weighted by molar-refractivity contribution is 7.80. The van der Waals surface area contributed by atoms with Gasteiger partial charge in [-0.2, -0.15) is 5.10 Å². The molecule has 38 heavy (non-hydrogen) atoms. The van der Waals surface area contributed by atoms with Gasteiger partial charge in [0.1, 0.15) is 33.7 Å². The normalized spacial score (nSPS) is 14.6. The second-order valence-electron chi connectivity index (χ2n) is 8.27. The number of nitrogens with one attached hydrogen (secondary N) is 1. The summed E-state index contributed by atoms with van der Waals surface area (Å²) in [4.78, 5) is 27.7. The van der Waals surface area contributed by atoms with Gasteiger partial charge in [-0.1, -0.05) is 29.8 Å². The van der Waals surface area contributed by atoms with Gasteiger partial charge in [0.05, 0.1) is 12.8 Å². The van der Waals surface area contributed by atoms with Crippen LogP contribution in [0, 0.1) is 0 Å². The molecular formula is C28H21ClN4O4S. The summed E-state index contributed by atoms with van der Waals surface area (Å²) in [7, 11) is 3.26. The van der Waals surface area contributed by atoms with Crippen molar-refractivity contribution in [3.05, 3.63) is 95.2 Å². The van der Waals surface area contributed by atoms with Gasteiger partial charge in [-0.25, -0.2) is 0 Å². The molecule has 8 nitrogen and oxygen atoms in total. The van der Waals surface area contributed by atoms with Crippen molar-refractivity contribution in [2.24, 2.45) is 7.05 Å². The molecule has 1 aromatic heterocycles. The standard InChI is InChI=1S/C28H21ClN4O4S/c1-32-25(29)22(24(31-32)17-8-12-19(36-2)13-9-17)16-23-26(34)30-28(38)33(27(23)35)18-10-14-21(15-11-18)37-20-6-4-3-5-7-20/h3-16H,1-2H3,(H,30,34,38). The van der Waals surface area contributed by atoms with E-state index in [0.717, 1.165) is 5.56 Å². The minimum absolute atomic E-state index is 0.0264. The lowest BCUT2D eigenvalue weighted by molar-refractivity contribution is -0.122. The van der Waals surface area contributed by atoms with E-state index in [2.05, 4.69) is 10.4 Å². The van der Waals surface area contributed by atoms with Crippen LogP contribution in [0.15, 0.2) is 84.4 Å². The zero-order valence-electron chi connectivity index (χ0n) is 20.3. The van der Waals surface area contributed by atoms with Gasteiger partial charge in [-0.05, 0) is 79.0 Å². The molecule has 0 bridgehead atoms. The maximum Gasteiger partial charge on any atom is 0.270 e. The molecule has 1 aliphatic rings. The third-order valence-electron chi connectivity index (χ3n) is 5.84. The number of hydrogen-bond donors (Lipinski definition) is 1. The van der Waals surface area contributed by atoms with Gasteiger partial charge in [0.25, 0.3) is 11.8 Å². The Hall–Kier alpha value is -4.47. The molecule has 2 amide bonds. The van der Waals surface area contributed by atoms with E-state index in [9.17, 15) is 9.59 Å². The monoisotopic (exact) mass is 544 g/mol. The van der Waals surface area contributed by atoms with Crippen LogP contribution in [0.2, 0.25) is 5.15 Å². The van der Waals surface area contributed by atoms with E-state index in [4.69, 9.17) is 33.3 Å². The minimum atomic E-state index is -0.624. The molecule has 0 atom stereocenters. The Morgan fingerprint density at radius 2 is 1.55 bits per heavy atom. The van der Waals surface area contributed by atoms with E-state index in [-0.39, 0.29) is 15.8 Å². The molecule has 3 aromatic carbocycles. The van der Waals surface area contributed by atoms with Gasteiger partial charge >= 0.3 is 0 Å². The molecular weight excluding hydrogens is 524 g/mol. The Bertz CT molecular complexity index is 1570. The molecule has 5 rings (SSSR count). The second-order valence-corrected chi connectivity index (χ2v) is 9.02. The number of nitrogens with zero attached hydrogens (tertiary/aromatic N) is 3. The summed E-state index contributed by atoms with van der Waals surface area (Å²) in [6.07, 6.45) is 1.44. The number of anilines is 1. The lowest BCUT2D eigenvalue weighted by atomic mass is 10.0. The lowest BCUT2D eigenvalue weighted by Crippen LogP contribution is -2.54. The van der Waals surface area contributed by atoms with Gasteiger partial charge in [-0.15, -0.1) is 0 Å². The maximum absolute atomic E-state index is 13.6. The summed E-state index contributed by atoms with van der Waals surface area (Å²) in [5, 5.41) is 7.33. The zero-order valence-corrected chi connectivity index (χ0v) is 21.9. The number of benzene rings is 3. The first-order chi connectivity index (χ1) is 18.4. The molecule has 1 aliphatic heterocycles. The first-order valence-electron chi connectivity index (χ1n) is 11.5. The van der Waals surface area contributed by atoms with Crippen molar-refractivity contribution < 1.29 is 19.1 Å². The number of rotatable bonds is 6. The lowest BCUT2D eigenvalue weighted by Gasteiger charge is -2.29. The zero-order chi connectivity index (χ0) is 26.8. The predicted molar refractivity (Wildman–Crippen MR) is 149 cm³/mol. The molecule has 0 saturated carbocycles. The van der Waals surface area contributed by atoms with E-state index in [1.165, 1.54) is 15.7 Å². The highest BCUT2D eigenvalue weighted by Gasteiger charge is 2.35. The fraction of sp³-hybridized carbons (Fsp3) is 0.0714. The SMILES string of the molecule is COc1ccc(-c2nn(C)c(Cl)c2C=C2C(=O)NC(=S)N(c3ccc(Oc4ccccc4)cc3)C2=O)cc1. The number of methoxy groups -OCH3 is 1. The van der Waals surface area contributed by atoms with Crippen LogP contribution in [-0.4, -0.2) is 33.8 Å². The number of ether oxygens (including phenoxy) is 2. The average molecular weight is 545 g/mol. The van der Waals surface area contributed by atoms with Crippen molar-refractivity contribution in [1.82, 2.24) is 15.1 Å². The Morgan fingerprint density at radius 1 is 0.921 bits per heavy atom. The minimum Gasteiger partial charge on any atom is -0.497 e. The van der Waals surface area contributed by atoms with Gasteiger partial charge in [-0.3, -0.25) is 24.5 Å². The van der Waals surface area contributed by atoms with E-state index in [1.54, 1.807) is 50.6 Å². The van der Waals surface area contributed by atoms with Crippen LogP contribution < -0.4 is 19.7 Å². The third kappa shape index (κ3) is 4.89. The summed E-state index contributed by atoms with van der Waals surface area (Å²) in [6.45, 7) is 0. The number of thiocarbonyl (C=S) groups is 1. The number of amides is 2. The van der Waals surface area contributed by atoms with Gasteiger partial charge in [0, 0.05) is 18.2 Å². The van der Waals surface area contributed by atoms with E-state index in [1.807, 2.05) is 42.5 Å². The molecule has 190 valence electrons. The average Bonchev–Trinajstić information content (AvgIpc) is 3.21. The highest BCUT2D eigenvalue weighted by atomic mass is 35.5. The molecule has 0 aliphatic carbocycles. The predicted octanol–water partition coefficient (Wildman–Crippen LogP) is 5.37. The van der Waals surface area contributed by atoms with Crippen LogP contribution in [0.3, 0.4) is 0 Å². The number of carbonyl (C=O) groups is 2. The number of para-hydroxylation sites is 1. The maximum atomic E-state index is 13.6. The Morgan fingerprint density at radius 3 is 2.21 bits per heavy atom. The quantitative estimate of drug-likeness (QED) is 0.199. The Kier molecular flexibility index (Phi) is 6.95. The molecule has 4 aromatic rings. The second kappa shape index (κ2) is 10.5. The number of hydrogen-bond acceptors (Lipinski definition) is 6. The van der Waals surface area contributed by atoms with Crippen LogP contribution in [0.4, 0.5) is 5.69 Å². The van der Waals surface area contributed by atoms with Crippen LogP contribution in [0.1, 0.15) is 5.56 Å². The number of halogens is 1. The topological polar surface area (TPSA) is 85.7 Å². The van der Waals surface area contributed by atoms with Gasteiger partial charge in [0.2, 0.25) is 0 Å². The first kappa shape index (κ1) is 25.2. The van der Waals surface area contributed by atoms with E-state index in [0.29, 0.717) is 34.2 Å². The summed E-state index contributed by atoms with van der Waals surface area (Å²) in [6, 6.07) is 23.4. The summed E-state index contributed by atoms with van der Waals surface area (Å²) in [5.74, 6) is 0.739. The molecule has 0 radical (unpaired) electrons. The van der Waals surface area contributed by atoms with Crippen molar-refractivity contribution in [3.8, 4) is 28.5 Å². The van der Waals surface area contributed by atoms with Crippen molar-refractivity contribution in [1.29, 1.82) is 0 Å². The van der Waals surface area contributed by atoms with Crippen LogP contribution >= 0.6 is 23.8 Å². The molecule has 1 saturated heterocycles. The van der Waals surface area contributed by atoms with Crippen molar-refractivity contribution in [2.75, 3.05) is 12.0 Å². The number of aryl methyl sites for hydroxylation is 1. The highest BCUT2D eigenvalue weighted by Crippen LogP contribution is 2.33. The summed E-state index contributed by atoms with van der Waals surface area (Å²) >= 11 is 11.9. The number of carbonyl (C=O) groups excluding carboxylic acids is 2. The molecule has 0 spiro atoms. The van der Waals surface area contributed by atoms with Crippen molar-refractivity contribution in [2.45, 2.75) is 0 Å². The van der Waals surface area contributed by atoms with Crippen LogP contribution in [0.25, 0.3) is 17.3 Å². The molecule has 2 heterocycles. The van der Waals surface area contributed by atoms with Crippen molar-refractivity contribution >= 4 is 52.5 Å². The Labute approximate surface area is 229 Å². The molecule has 10 heteroatoms. The largest absolute Gasteiger partial charge is 0.497 e. The first-order valence-corrected chi connectivity index (χ1v) is 12.3. The van der Waals surface area contributed by atoms with E-state index >= 15 is 0 Å². The fourth-order valence-corrected chi connectivity index (χ4v) is 4.40. The summed E-state index contributed by atoms with van der Waals surface area (Å²) in [5.41, 5.74) is 2.02. The van der Waals surface area contributed by atoms with Gasteiger partial charge < -0.3 is 9.47 Å². The van der Waals surface area contributed by atoms with Gasteiger partial charge in [0.15, 0.2) is 5.11 Å². The molecule has 1 N–H and O–H groups in total. The molecule has 0 unspecified atom stereocenters. The smallest absolute Gasteiger partial charge is 0.270 e. The van der Waals surface area contributed by atoms with E-state index < -0.39 is 11.8 Å². The molecule has 1 fully saturated rings. The third-order valence-corrected chi connectivity index (χ3v) is 6.57.